The molecule has 1 saturated heterocycles. The van der Waals surface area contributed by atoms with Crippen LogP contribution in [-0.4, -0.2) is 80.9 Å². The Balaban J connectivity index is 0.00000450. The van der Waals surface area contributed by atoms with E-state index in [0.29, 0.717) is 17.9 Å². The number of aliphatic imine (C=N–C) groups is 1. The predicted octanol–water partition coefficient (Wildman–Crippen LogP) is 3.97. The Morgan fingerprint density at radius 1 is 1.27 bits per heavy atom. The average molecular weight is 539 g/mol. The van der Waals surface area contributed by atoms with E-state index in [1.54, 1.807) is 7.11 Å². The molecule has 1 heterocycles. The summed E-state index contributed by atoms with van der Waals surface area (Å²) in [6.07, 6.45) is 5.60. The van der Waals surface area contributed by atoms with Gasteiger partial charge in [-0.05, 0) is 71.1 Å². The maximum atomic E-state index is 12.4. The zero-order valence-electron chi connectivity index (χ0n) is 19.8. The van der Waals surface area contributed by atoms with Gasteiger partial charge in [-0.2, -0.15) is 0 Å². The van der Waals surface area contributed by atoms with Crippen molar-refractivity contribution in [1.82, 2.24) is 15.1 Å². The van der Waals surface area contributed by atoms with Gasteiger partial charge in [-0.25, -0.2) is 4.79 Å². The molecule has 2 aliphatic rings. The van der Waals surface area contributed by atoms with E-state index in [1.165, 1.54) is 12.8 Å². The molecule has 1 aliphatic carbocycles. The number of methoxy groups -OCH3 is 1. The highest BCUT2D eigenvalue weighted by molar-refractivity contribution is 14.0. The van der Waals surface area contributed by atoms with E-state index in [9.17, 15) is 4.79 Å². The van der Waals surface area contributed by atoms with Crippen LogP contribution in [0.1, 0.15) is 59.8 Å². The van der Waals surface area contributed by atoms with Crippen molar-refractivity contribution in [3.8, 4) is 0 Å². The number of carbonyl (C=O) groups is 1. The largest absolute Gasteiger partial charge is 0.444 e. The Labute approximate surface area is 200 Å². The van der Waals surface area contributed by atoms with Gasteiger partial charge in [-0.1, -0.05) is 0 Å². The maximum absolute atomic E-state index is 12.4. The molecule has 0 unspecified atom stereocenters. The van der Waals surface area contributed by atoms with Crippen molar-refractivity contribution in [2.45, 2.75) is 65.4 Å². The molecule has 30 heavy (non-hydrogen) atoms. The molecular formula is C22H43IN4O3. The van der Waals surface area contributed by atoms with Crippen LogP contribution in [0.3, 0.4) is 0 Å². The van der Waals surface area contributed by atoms with Crippen LogP contribution in [0.25, 0.3) is 0 Å². The van der Waals surface area contributed by atoms with Crippen molar-refractivity contribution in [3.63, 3.8) is 0 Å². The number of piperidine rings is 1. The van der Waals surface area contributed by atoms with Gasteiger partial charge < -0.3 is 24.6 Å². The topological polar surface area (TPSA) is 66.4 Å². The standard InChI is InChI=1S/C22H42N4O3.HI/c1-7-25(20(27)29-21(2,3)4)16-18-8-13-26(14-9-18)19(23-5)24-17-22(10-11-22)12-15-28-6;/h18H,7-17H2,1-6H3,(H,23,24);1H. The molecule has 1 amide bonds. The van der Waals surface area contributed by atoms with Gasteiger partial charge in [0.1, 0.15) is 5.60 Å². The molecular weight excluding hydrogens is 495 g/mol. The van der Waals surface area contributed by atoms with E-state index in [4.69, 9.17) is 9.47 Å². The number of hydrogen-bond acceptors (Lipinski definition) is 4. The molecule has 0 aromatic rings. The lowest BCUT2D eigenvalue weighted by Gasteiger charge is -2.37. The highest BCUT2D eigenvalue weighted by Gasteiger charge is 2.42. The van der Waals surface area contributed by atoms with Gasteiger partial charge in [0.2, 0.25) is 0 Å². The van der Waals surface area contributed by atoms with Gasteiger partial charge in [0.15, 0.2) is 5.96 Å². The number of rotatable bonds is 8. The third kappa shape index (κ3) is 8.77. The highest BCUT2D eigenvalue weighted by Crippen LogP contribution is 2.48. The number of carbonyl (C=O) groups excluding carboxylic acids is 1. The van der Waals surface area contributed by atoms with E-state index < -0.39 is 5.60 Å². The smallest absolute Gasteiger partial charge is 0.410 e. The number of hydrogen-bond donors (Lipinski definition) is 1. The Morgan fingerprint density at radius 2 is 1.90 bits per heavy atom. The fourth-order valence-electron chi connectivity index (χ4n) is 3.91. The summed E-state index contributed by atoms with van der Waals surface area (Å²) >= 11 is 0. The Morgan fingerprint density at radius 3 is 2.37 bits per heavy atom. The summed E-state index contributed by atoms with van der Waals surface area (Å²) in [4.78, 5) is 21.1. The molecule has 8 heteroatoms. The number of ether oxygens (including phenoxy) is 2. The summed E-state index contributed by atoms with van der Waals surface area (Å²) < 4.78 is 10.8. The predicted molar refractivity (Wildman–Crippen MR) is 133 cm³/mol. The zero-order valence-corrected chi connectivity index (χ0v) is 22.2. The highest BCUT2D eigenvalue weighted by atomic mass is 127. The first-order valence-electron chi connectivity index (χ1n) is 11.1. The van der Waals surface area contributed by atoms with Crippen LogP contribution in [0.15, 0.2) is 4.99 Å². The number of halogens is 1. The normalized spacial score (nSPS) is 19.1. The average Bonchev–Trinajstić information content (AvgIpc) is 3.44. The quantitative estimate of drug-likeness (QED) is 0.288. The second kappa shape index (κ2) is 12.3. The molecule has 2 rings (SSSR count). The Kier molecular flexibility index (Phi) is 11.2. The summed E-state index contributed by atoms with van der Waals surface area (Å²) in [5.41, 5.74) is -0.0481. The van der Waals surface area contributed by atoms with Gasteiger partial charge >= 0.3 is 6.09 Å². The summed E-state index contributed by atoms with van der Waals surface area (Å²) in [6.45, 7) is 13.0. The second-order valence-corrected chi connectivity index (χ2v) is 9.59. The molecule has 0 atom stereocenters. The molecule has 7 nitrogen and oxygen atoms in total. The maximum Gasteiger partial charge on any atom is 0.410 e. The lowest BCUT2D eigenvalue weighted by molar-refractivity contribution is 0.0214. The SMILES string of the molecule is CCN(CC1CCN(C(=NC)NCC2(CCOC)CC2)CC1)C(=O)OC(C)(C)C.I. The first-order chi connectivity index (χ1) is 13.7. The van der Waals surface area contributed by atoms with Crippen LogP contribution in [0.2, 0.25) is 0 Å². The fraction of sp³-hybridized carbons (Fsp3) is 0.909. The zero-order chi connectivity index (χ0) is 21.5. The lowest BCUT2D eigenvalue weighted by Crippen LogP contribution is -2.48. The van der Waals surface area contributed by atoms with Crippen LogP contribution >= 0.6 is 24.0 Å². The molecule has 0 aromatic heterocycles. The van der Waals surface area contributed by atoms with Gasteiger partial charge in [0.05, 0.1) is 0 Å². The van der Waals surface area contributed by atoms with Crippen molar-refractivity contribution < 1.29 is 14.3 Å². The van der Waals surface area contributed by atoms with Crippen LogP contribution in [0.5, 0.6) is 0 Å². The Hall–Kier alpha value is -0.770. The first-order valence-corrected chi connectivity index (χ1v) is 11.1. The summed E-state index contributed by atoms with van der Waals surface area (Å²) in [5.74, 6) is 1.51. The minimum absolute atomic E-state index is 0. The van der Waals surface area contributed by atoms with Crippen molar-refractivity contribution >= 4 is 36.0 Å². The molecule has 1 aliphatic heterocycles. The number of guanidine groups is 1. The van der Waals surface area contributed by atoms with Crippen molar-refractivity contribution in [1.29, 1.82) is 0 Å². The molecule has 0 spiro atoms. The molecule has 1 N–H and O–H groups in total. The van der Waals surface area contributed by atoms with Gasteiger partial charge in [-0.3, -0.25) is 4.99 Å². The molecule has 176 valence electrons. The van der Waals surface area contributed by atoms with Gasteiger partial charge in [-0.15, -0.1) is 24.0 Å². The molecule has 0 bridgehead atoms. The van der Waals surface area contributed by atoms with Crippen LogP contribution in [0, 0.1) is 11.3 Å². The van der Waals surface area contributed by atoms with Crippen LogP contribution in [0.4, 0.5) is 4.79 Å². The fourth-order valence-corrected chi connectivity index (χ4v) is 3.91. The second-order valence-electron chi connectivity index (χ2n) is 9.59. The third-order valence-electron chi connectivity index (χ3n) is 6.05. The van der Waals surface area contributed by atoms with Crippen LogP contribution in [-0.2, 0) is 9.47 Å². The van der Waals surface area contributed by atoms with E-state index in [-0.39, 0.29) is 30.1 Å². The minimum atomic E-state index is -0.450. The lowest BCUT2D eigenvalue weighted by atomic mass is 9.96. The molecule has 0 radical (unpaired) electrons. The monoisotopic (exact) mass is 538 g/mol. The van der Waals surface area contributed by atoms with Crippen molar-refractivity contribution in [2.24, 2.45) is 16.3 Å². The minimum Gasteiger partial charge on any atom is -0.444 e. The van der Waals surface area contributed by atoms with Gasteiger partial charge in [0, 0.05) is 53.5 Å². The number of nitrogens with zero attached hydrogens (tertiary/aromatic N) is 3. The number of amides is 1. The van der Waals surface area contributed by atoms with Crippen molar-refractivity contribution in [2.75, 3.05) is 53.5 Å². The molecule has 1 saturated carbocycles. The number of likely N-dealkylation sites (tertiary alicyclic amines) is 1. The molecule has 0 aromatic carbocycles. The summed E-state index contributed by atoms with van der Waals surface area (Å²) in [5, 5.41) is 3.60. The van der Waals surface area contributed by atoms with E-state index in [2.05, 4.69) is 15.2 Å². The third-order valence-corrected chi connectivity index (χ3v) is 6.05. The van der Waals surface area contributed by atoms with Crippen molar-refractivity contribution in [3.05, 3.63) is 0 Å². The van der Waals surface area contributed by atoms with Crippen LogP contribution < -0.4 is 5.32 Å². The summed E-state index contributed by atoms with van der Waals surface area (Å²) in [6, 6.07) is 0. The number of nitrogens with one attached hydrogen (secondary N) is 1. The van der Waals surface area contributed by atoms with E-state index in [0.717, 1.165) is 58.0 Å². The van der Waals surface area contributed by atoms with E-state index in [1.807, 2.05) is 39.6 Å². The Bertz CT molecular complexity index is 553. The first kappa shape index (κ1) is 27.3. The molecule has 2 fully saturated rings. The van der Waals surface area contributed by atoms with Gasteiger partial charge in [0.25, 0.3) is 0 Å². The summed E-state index contributed by atoms with van der Waals surface area (Å²) in [7, 11) is 3.64. The van der Waals surface area contributed by atoms with E-state index >= 15 is 0 Å².